The molecule has 1 amide bonds. The van der Waals surface area contributed by atoms with Gasteiger partial charge in [-0.25, -0.2) is 0 Å². The van der Waals surface area contributed by atoms with E-state index in [0.717, 1.165) is 23.4 Å². The van der Waals surface area contributed by atoms with Crippen molar-refractivity contribution >= 4 is 5.91 Å². The average Bonchev–Trinajstić information content (AvgIpc) is 2.76. The minimum atomic E-state index is 0.0420. The highest BCUT2D eigenvalue weighted by molar-refractivity contribution is 5.79. The number of hydrogen-bond donors (Lipinski definition) is 0. The summed E-state index contributed by atoms with van der Waals surface area (Å²) in [4.78, 5) is 17.1. The Morgan fingerprint density at radius 3 is 2.60 bits per heavy atom. The molecule has 0 saturated carbocycles. The molecule has 0 aromatic heterocycles. The van der Waals surface area contributed by atoms with Crippen molar-refractivity contribution in [2.75, 3.05) is 27.2 Å². The van der Waals surface area contributed by atoms with Crippen molar-refractivity contribution < 1.29 is 9.53 Å². The average molecular weight is 338 g/mol. The van der Waals surface area contributed by atoms with Crippen molar-refractivity contribution in [1.82, 2.24) is 9.80 Å². The molecule has 0 bridgehead atoms. The van der Waals surface area contributed by atoms with E-state index in [1.165, 1.54) is 5.56 Å². The van der Waals surface area contributed by atoms with Gasteiger partial charge in [-0.3, -0.25) is 4.79 Å². The van der Waals surface area contributed by atoms with Gasteiger partial charge >= 0.3 is 0 Å². The normalized spacial score (nSPS) is 17.0. The number of benzene rings is 2. The van der Waals surface area contributed by atoms with Crippen molar-refractivity contribution in [2.24, 2.45) is 0 Å². The number of hydrogen-bond acceptors (Lipinski definition) is 3. The molecular weight excluding hydrogens is 312 g/mol. The summed E-state index contributed by atoms with van der Waals surface area (Å²) in [7, 11) is 4.06. The van der Waals surface area contributed by atoms with Crippen LogP contribution in [0.3, 0.4) is 0 Å². The summed E-state index contributed by atoms with van der Waals surface area (Å²) < 4.78 is 5.99. The first-order valence-corrected chi connectivity index (χ1v) is 8.73. The molecule has 4 heteroatoms. The van der Waals surface area contributed by atoms with Crippen molar-refractivity contribution in [3.63, 3.8) is 0 Å². The van der Waals surface area contributed by atoms with Crippen molar-refractivity contribution in [3.05, 3.63) is 65.2 Å². The van der Waals surface area contributed by atoms with Gasteiger partial charge in [0.15, 0.2) is 0 Å². The first-order valence-electron chi connectivity index (χ1n) is 8.73. The Balaban J connectivity index is 1.82. The Labute approximate surface area is 150 Å². The van der Waals surface area contributed by atoms with Crippen LogP contribution in [0.25, 0.3) is 0 Å². The van der Waals surface area contributed by atoms with E-state index in [2.05, 4.69) is 24.0 Å². The summed E-state index contributed by atoms with van der Waals surface area (Å²) in [5.41, 5.74) is 3.33. The summed E-state index contributed by atoms with van der Waals surface area (Å²) in [6.45, 7) is 3.96. The number of rotatable bonds is 4. The molecule has 1 aliphatic heterocycles. The predicted molar refractivity (Wildman–Crippen MR) is 99.7 cm³/mol. The molecule has 0 spiro atoms. The Morgan fingerprint density at radius 1 is 1.16 bits per heavy atom. The van der Waals surface area contributed by atoms with E-state index in [4.69, 9.17) is 4.74 Å². The summed E-state index contributed by atoms with van der Waals surface area (Å²) in [5, 5.41) is 0. The summed E-state index contributed by atoms with van der Waals surface area (Å²) in [5.74, 6) is 1.04. The maximum atomic E-state index is 13.1. The molecule has 132 valence electrons. The first-order chi connectivity index (χ1) is 12.0. The monoisotopic (exact) mass is 338 g/mol. The topological polar surface area (TPSA) is 32.8 Å². The van der Waals surface area contributed by atoms with Gasteiger partial charge in [-0.05, 0) is 32.6 Å². The second kappa shape index (κ2) is 7.70. The van der Waals surface area contributed by atoms with E-state index in [9.17, 15) is 4.79 Å². The van der Waals surface area contributed by atoms with Gasteiger partial charge in [0.2, 0.25) is 5.91 Å². The molecule has 1 aliphatic rings. The predicted octanol–water partition coefficient (Wildman–Crippen LogP) is 2.89. The Bertz CT molecular complexity index is 725. The lowest BCUT2D eigenvalue weighted by Gasteiger charge is -2.31. The van der Waals surface area contributed by atoms with E-state index in [1.54, 1.807) is 0 Å². The number of carbonyl (C=O) groups excluding carboxylic acids is 1. The molecule has 0 unspecified atom stereocenters. The van der Waals surface area contributed by atoms with Gasteiger partial charge in [-0.15, -0.1) is 0 Å². The van der Waals surface area contributed by atoms with E-state index in [0.29, 0.717) is 19.6 Å². The third kappa shape index (κ3) is 4.40. The molecule has 25 heavy (non-hydrogen) atoms. The van der Waals surface area contributed by atoms with Crippen LogP contribution in [0.2, 0.25) is 0 Å². The zero-order valence-corrected chi connectivity index (χ0v) is 15.2. The SMILES string of the molecule is Cc1ccc(CC(=O)N2Cc3ccccc3OC[C@@H]2CN(C)C)cc1. The van der Waals surface area contributed by atoms with Crippen LogP contribution in [0.5, 0.6) is 5.75 Å². The van der Waals surface area contributed by atoms with E-state index in [1.807, 2.05) is 55.4 Å². The van der Waals surface area contributed by atoms with Crippen LogP contribution >= 0.6 is 0 Å². The molecule has 0 saturated heterocycles. The smallest absolute Gasteiger partial charge is 0.227 e. The summed E-state index contributed by atoms with van der Waals surface area (Å²) in [6, 6.07) is 16.2. The molecule has 0 radical (unpaired) electrons. The van der Waals surface area contributed by atoms with Gasteiger partial charge in [0.1, 0.15) is 12.4 Å². The molecule has 3 rings (SSSR count). The fourth-order valence-corrected chi connectivity index (χ4v) is 3.21. The van der Waals surface area contributed by atoms with Gasteiger partial charge < -0.3 is 14.5 Å². The third-order valence-corrected chi connectivity index (χ3v) is 4.56. The van der Waals surface area contributed by atoms with Crippen LogP contribution in [0.1, 0.15) is 16.7 Å². The van der Waals surface area contributed by atoms with E-state index >= 15 is 0 Å². The third-order valence-electron chi connectivity index (χ3n) is 4.56. The summed E-state index contributed by atoms with van der Waals surface area (Å²) >= 11 is 0. The Kier molecular flexibility index (Phi) is 5.39. The number of para-hydroxylation sites is 1. The quantitative estimate of drug-likeness (QED) is 0.859. The molecule has 0 fully saturated rings. The van der Waals surface area contributed by atoms with Crippen LogP contribution in [0.15, 0.2) is 48.5 Å². The molecule has 2 aromatic rings. The fraction of sp³-hybridized carbons (Fsp3) is 0.381. The molecule has 1 heterocycles. The van der Waals surface area contributed by atoms with Crippen LogP contribution in [0.4, 0.5) is 0 Å². The largest absolute Gasteiger partial charge is 0.491 e. The summed E-state index contributed by atoms with van der Waals surface area (Å²) in [6.07, 6.45) is 0.423. The molecule has 2 aromatic carbocycles. The van der Waals surface area contributed by atoms with Gasteiger partial charge in [-0.2, -0.15) is 0 Å². The maximum absolute atomic E-state index is 13.1. The number of likely N-dealkylation sites (N-methyl/N-ethyl adjacent to an activating group) is 1. The zero-order chi connectivity index (χ0) is 17.8. The van der Waals surface area contributed by atoms with Gasteiger partial charge in [0.25, 0.3) is 0 Å². The number of nitrogens with zero attached hydrogens (tertiary/aromatic N) is 2. The Morgan fingerprint density at radius 2 is 1.88 bits per heavy atom. The van der Waals surface area contributed by atoms with Crippen molar-refractivity contribution in [1.29, 1.82) is 0 Å². The molecule has 0 N–H and O–H groups in total. The number of fused-ring (bicyclic) bond motifs is 1. The minimum Gasteiger partial charge on any atom is -0.491 e. The standard InChI is InChI=1S/C21H26N2O2/c1-16-8-10-17(11-9-16)12-21(24)23-13-18-6-4-5-7-20(18)25-15-19(23)14-22(2)3/h4-11,19H,12-15H2,1-3H3/t19-/m0/s1. The lowest BCUT2D eigenvalue weighted by Crippen LogP contribution is -2.47. The fourth-order valence-electron chi connectivity index (χ4n) is 3.21. The van der Waals surface area contributed by atoms with Crippen LogP contribution in [-0.2, 0) is 17.8 Å². The lowest BCUT2D eigenvalue weighted by atomic mass is 10.1. The van der Waals surface area contributed by atoms with Crippen LogP contribution in [-0.4, -0.2) is 49.0 Å². The molecule has 4 nitrogen and oxygen atoms in total. The second-order valence-corrected chi connectivity index (χ2v) is 7.02. The van der Waals surface area contributed by atoms with Gasteiger partial charge in [-0.1, -0.05) is 48.0 Å². The Hall–Kier alpha value is -2.33. The van der Waals surface area contributed by atoms with E-state index in [-0.39, 0.29) is 11.9 Å². The van der Waals surface area contributed by atoms with Crippen LogP contribution < -0.4 is 4.74 Å². The highest BCUT2D eigenvalue weighted by atomic mass is 16.5. The first kappa shape index (κ1) is 17.5. The van der Waals surface area contributed by atoms with Crippen molar-refractivity contribution in [2.45, 2.75) is 25.9 Å². The zero-order valence-electron chi connectivity index (χ0n) is 15.2. The molecule has 1 atom stereocenters. The van der Waals surface area contributed by atoms with Gasteiger partial charge in [0, 0.05) is 18.7 Å². The highest BCUT2D eigenvalue weighted by Gasteiger charge is 2.28. The van der Waals surface area contributed by atoms with Gasteiger partial charge in [0.05, 0.1) is 12.5 Å². The molecule has 0 aliphatic carbocycles. The number of carbonyl (C=O) groups is 1. The number of ether oxygens (including phenoxy) is 1. The highest BCUT2D eigenvalue weighted by Crippen LogP contribution is 2.25. The van der Waals surface area contributed by atoms with Crippen LogP contribution in [0, 0.1) is 6.92 Å². The maximum Gasteiger partial charge on any atom is 0.227 e. The second-order valence-electron chi connectivity index (χ2n) is 7.02. The minimum absolute atomic E-state index is 0.0420. The van der Waals surface area contributed by atoms with E-state index < -0.39 is 0 Å². The molecular formula is C21H26N2O2. The van der Waals surface area contributed by atoms with Crippen molar-refractivity contribution in [3.8, 4) is 5.75 Å². The number of amides is 1. The lowest BCUT2D eigenvalue weighted by molar-refractivity contribution is -0.134. The number of aryl methyl sites for hydroxylation is 1.